The normalized spacial score (nSPS) is 20.3. The maximum absolute atomic E-state index is 8.62. The van der Waals surface area contributed by atoms with Gasteiger partial charge in [0.25, 0.3) is 0 Å². The van der Waals surface area contributed by atoms with Crippen molar-refractivity contribution in [2.24, 2.45) is 10.9 Å². The van der Waals surface area contributed by atoms with Gasteiger partial charge < -0.3 is 20.7 Å². The fourth-order valence-electron chi connectivity index (χ4n) is 2.55. The molecule has 1 aromatic heterocycles. The van der Waals surface area contributed by atoms with Crippen molar-refractivity contribution in [1.29, 1.82) is 0 Å². The Morgan fingerprint density at radius 3 is 2.95 bits per heavy atom. The van der Waals surface area contributed by atoms with Gasteiger partial charge in [0, 0.05) is 19.1 Å². The third-order valence-corrected chi connectivity index (χ3v) is 3.40. The van der Waals surface area contributed by atoms with Crippen LogP contribution in [0.15, 0.2) is 23.5 Å². The maximum Gasteiger partial charge on any atom is 0.188 e. The zero-order valence-electron chi connectivity index (χ0n) is 11.5. The van der Waals surface area contributed by atoms with Crippen molar-refractivity contribution < 1.29 is 5.21 Å². The van der Waals surface area contributed by atoms with E-state index >= 15 is 0 Å². The SMILES string of the molecule is CN(C)CC1CCCN1c1ccc(/C(N)=N/O)nc1. The Bertz CT molecular complexity index is 443. The van der Waals surface area contributed by atoms with Crippen molar-refractivity contribution in [3.8, 4) is 0 Å². The van der Waals surface area contributed by atoms with Crippen LogP contribution in [-0.2, 0) is 0 Å². The van der Waals surface area contributed by atoms with Gasteiger partial charge in [0.1, 0.15) is 5.69 Å². The molecule has 19 heavy (non-hydrogen) atoms. The molecule has 0 radical (unpaired) electrons. The predicted molar refractivity (Wildman–Crippen MR) is 75.7 cm³/mol. The summed E-state index contributed by atoms with van der Waals surface area (Å²) in [6, 6.07) is 4.30. The van der Waals surface area contributed by atoms with E-state index in [1.165, 1.54) is 12.8 Å². The van der Waals surface area contributed by atoms with Crippen LogP contribution in [0, 0.1) is 0 Å². The molecule has 0 amide bonds. The molecule has 2 heterocycles. The molecule has 0 aliphatic carbocycles. The second kappa shape index (κ2) is 5.88. The van der Waals surface area contributed by atoms with Crippen LogP contribution in [-0.4, -0.2) is 54.2 Å². The Morgan fingerprint density at radius 2 is 2.37 bits per heavy atom. The van der Waals surface area contributed by atoms with Gasteiger partial charge in [-0.1, -0.05) is 5.16 Å². The number of pyridine rings is 1. The van der Waals surface area contributed by atoms with Gasteiger partial charge in [-0.2, -0.15) is 0 Å². The molecule has 3 N–H and O–H groups in total. The Kier molecular flexibility index (Phi) is 4.21. The van der Waals surface area contributed by atoms with E-state index in [1.54, 1.807) is 12.3 Å². The molecule has 6 heteroatoms. The summed E-state index contributed by atoms with van der Waals surface area (Å²) in [6.45, 7) is 2.10. The van der Waals surface area contributed by atoms with Crippen molar-refractivity contribution >= 4 is 11.5 Å². The molecule has 1 atom stereocenters. The number of hydrogen-bond acceptors (Lipinski definition) is 5. The highest BCUT2D eigenvalue weighted by molar-refractivity contribution is 5.95. The summed E-state index contributed by atoms with van der Waals surface area (Å²) in [4.78, 5) is 8.82. The predicted octanol–water partition coefficient (Wildman–Crippen LogP) is 0.707. The first-order valence-corrected chi connectivity index (χ1v) is 6.47. The summed E-state index contributed by atoms with van der Waals surface area (Å²) in [5.41, 5.74) is 7.10. The van der Waals surface area contributed by atoms with Gasteiger partial charge in [0.05, 0.1) is 11.9 Å². The topological polar surface area (TPSA) is 78.0 Å². The van der Waals surface area contributed by atoms with Gasteiger partial charge in [0.15, 0.2) is 5.84 Å². The molecule has 2 rings (SSSR count). The van der Waals surface area contributed by atoms with Crippen LogP contribution in [0.2, 0.25) is 0 Å². The third-order valence-electron chi connectivity index (χ3n) is 3.40. The first-order chi connectivity index (χ1) is 9.11. The van der Waals surface area contributed by atoms with Crippen LogP contribution in [0.3, 0.4) is 0 Å². The van der Waals surface area contributed by atoms with E-state index in [1.807, 2.05) is 6.07 Å². The lowest BCUT2D eigenvalue weighted by Gasteiger charge is -2.28. The molecule has 0 spiro atoms. The van der Waals surface area contributed by atoms with Crippen molar-refractivity contribution in [2.45, 2.75) is 18.9 Å². The molecular formula is C13H21N5O. The lowest BCUT2D eigenvalue weighted by Crippen LogP contribution is -2.37. The largest absolute Gasteiger partial charge is 0.409 e. The van der Waals surface area contributed by atoms with Gasteiger partial charge in [-0.25, -0.2) is 0 Å². The lowest BCUT2D eigenvalue weighted by atomic mass is 10.2. The molecule has 0 bridgehead atoms. The number of likely N-dealkylation sites (N-methyl/N-ethyl adjacent to an activating group) is 1. The van der Waals surface area contributed by atoms with Crippen molar-refractivity contribution in [3.63, 3.8) is 0 Å². The van der Waals surface area contributed by atoms with Crippen LogP contribution in [0.5, 0.6) is 0 Å². The number of amidine groups is 1. The Labute approximate surface area is 113 Å². The Balaban J connectivity index is 2.13. The van der Waals surface area contributed by atoms with Gasteiger partial charge >= 0.3 is 0 Å². The minimum Gasteiger partial charge on any atom is -0.409 e. The fourth-order valence-corrected chi connectivity index (χ4v) is 2.55. The summed E-state index contributed by atoms with van der Waals surface area (Å²) in [6.07, 6.45) is 4.21. The average molecular weight is 263 g/mol. The summed E-state index contributed by atoms with van der Waals surface area (Å²) >= 11 is 0. The van der Waals surface area contributed by atoms with Crippen LogP contribution in [0.1, 0.15) is 18.5 Å². The van der Waals surface area contributed by atoms with Gasteiger partial charge in [0.2, 0.25) is 0 Å². The van der Waals surface area contributed by atoms with Gasteiger partial charge in [-0.15, -0.1) is 0 Å². The summed E-state index contributed by atoms with van der Waals surface area (Å²) < 4.78 is 0. The maximum atomic E-state index is 8.62. The molecule has 1 unspecified atom stereocenters. The van der Waals surface area contributed by atoms with E-state index in [-0.39, 0.29) is 5.84 Å². The van der Waals surface area contributed by atoms with E-state index in [4.69, 9.17) is 10.9 Å². The molecule has 0 aromatic carbocycles. The number of anilines is 1. The van der Waals surface area contributed by atoms with Crippen molar-refractivity contribution in [3.05, 3.63) is 24.0 Å². The van der Waals surface area contributed by atoms with Gasteiger partial charge in [-0.05, 0) is 39.1 Å². The number of nitrogens with two attached hydrogens (primary N) is 1. The van der Waals surface area contributed by atoms with Crippen LogP contribution in [0.4, 0.5) is 5.69 Å². The number of nitrogens with zero attached hydrogens (tertiary/aromatic N) is 4. The highest BCUT2D eigenvalue weighted by atomic mass is 16.4. The van der Waals surface area contributed by atoms with E-state index in [0.29, 0.717) is 11.7 Å². The third kappa shape index (κ3) is 3.14. The summed E-state index contributed by atoms with van der Waals surface area (Å²) in [5, 5.41) is 11.6. The highest BCUT2D eigenvalue weighted by Gasteiger charge is 2.25. The quantitative estimate of drug-likeness (QED) is 0.362. The number of oxime groups is 1. The monoisotopic (exact) mass is 263 g/mol. The summed E-state index contributed by atoms with van der Waals surface area (Å²) in [5.74, 6) is 0.0396. The first-order valence-electron chi connectivity index (χ1n) is 6.47. The fraction of sp³-hybridized carbons (Fsp3) is 0.538. The minimum absolute atomic E-state index is 0.0396. The zero-order chi connectivity index (χ0) is 13.8. The molecule has 104 valence electrons. The van der Waals surface area contributed by atoms with E-state index < -0.39 is 0 Å². The molecule has 0 saturated carbocycles. The van der Waals surface area contributed by atoms with Crippen LogP contribution >= 0.6 is 0 Å². The minimum atomic E-state index is 0.0396. The molecule has 1 aromatic rings. The lowest BCUT2D eigenvalue weighted by molar-refractivity contribution is 0.318. The molecular weight excluding hydrogens is 242 g/mol. The number of hydrogen-bond donors (Lipinski definition) is 2. The smallest absolute Gasteiger partial charge is 0.188 e. The molecule has 1 saturated heterocycles. The van der Waals surface area contributed by atoms with Crippen molar-refractivity contribution in [2.75, 3.05) is 32.1 Å². The van der Waals surface area contributed by atoms with E-state index in [9.17, 15) is 0 Å². The second-order valence-electron chi connectivity index (χ2n) is 5.14. The van der Waals surface area contributed by atoms with Crippen LogP contribution < -0.4 is 10.6 Å². The first kappa shape index (κ1) is 13.6. The van der Waals surface area contributed by atoms with Crippen LogP contribution in [0.25, 0.3) is 0 Å². The van der Waals surface area contributed by atoms with Crippen molar-refractivity contribution in [1.82, 2.24) is 9.88 Å². The van der Waals surface area contributed by atoms with E-state index in [2.05, 4.69) is 34.0 Å². The molecule has 1 aliphatic rings. The summed E-state index contributed by atoms with van der Waals surface area (Å²) in [7, 11) is 4.19. The average Bonchev–Trinajstić information content (AvgIpc) is 2.85. The second-order valence-corrected chi connectivity index (χ2v) is 5.14. The Morgan fingerprint density at radius 1 is 1.58 bits per heavy atom. The Hall–Kier alpha value is -1.82. The molecule has 1 aliphatic heterocycles. The standard InChI is InChI=1S/C13H21N5O/c1-17(2)9-11-4-3-7-18(11)10-5-6-12(15-8-10)13(14)16-19/h5-6,8,11,19H,3-4,7,9H2,1-2H3,(H2,14,16). The van der Waals surface area contributed by atoms with E-state index in [0.717, 1.165) is 18.8 Å². The van der Waals surface area contributed by atoms with Gasteiger partial charge in [-0.3, -0.25) is 4.98 Å². The molecule has 6 nitrogen and oxygen atoms in total. The highest BCUT2D eigenvalue weighted by Crippen LogP contribution is 2.25. The zero-order valence-corrected chi connectivity index (χ0v) is 11.5. The molecule has 1 fully saturated rings. The number of rotatable bonds is 4. The number of aromatic nitrogens is 1.